The van der Waals surface area contributed by atoms with Crippen LogP contribution >= 0.6 is 22.9 Å². The number of anilines is 2. The van der Waals surface area contributed by atoms with Gasteiger partial charge in [0, 0.05) is 22.3 Å². The van der Waals surface area contributed by atoms with Gasteiger partial charge in [-0.1, -0.05) is 35.9 Å². The van der Waals surface area contributed by atoms with Crippen LogP contribution in [0.4, 0.5) is 10.8 Å². The normalized spacial score (nSPS) is 16.8. The highest BCUT2D eigenvalue weighted by Crippen LogP contribution is 2.37. The molecular formula is C17H12ClN3OS. The highest BCUT2D eigenvalue weighted by atomic mass is 35.5. The molecule has 1 amide bonds. The predicted molar refractivity (Wildman–Crippen MR) is 93.2 cm³/mol. The van der Waals surface area contributed by atoms with Crippen molar-refractivity contribution in [1.29, 1.82) is 0 Å². The molecule has 6 heteroatoms. The first-order valence-electron chi connectivity index (χ1n) is 7.08. The van der Waals surface area contributed by atoms with Crippen LogP contribution in [-0.2, 0) is 0 Å². The molecule has 114 valence electrons. The monoisotopic (exact) mass is 341 g/mol. The smallest absolute Gasteiger partial charge is 0.264 e. The van der Waals surface area contributed by atoms with E-state index < -0.39 is 0 Å². The van der Waals surface area contributed by atoms with E-state index in [9.17, 15) is 4.79 Å². The Bertz CT molecular complexity index is 849. The minimum Gasteiger partial charge on any atom is -0.360 e. The first kappa shape index (κ1) is 14.2. The number of thiazole rings is 1. The van der Waals surface area contributed by atoms with Gasteiger partial charge in [0.05, 0.1) is 5.56 Å². The second-order valence-electron chi connectivity index (χ2n) is 5.13. The Hall–Kier alpha value is -2.37. The summed E-state index contributed by atoms with van der Waals surface area (Å²) in [7, 11) is 0. The Labute approximate surface area is 142 Å². The molecule has 0 spiro atoms. The van der Waals surface area contributed by atoms with Crippen molar-refractivity contribution in [2.24, 2.45) is 0 Å². The lowest BCUT2D eigenvalue weighted by Crippen LogP contribution is -2.43. The fourth-order valence-electron chi connectivity index (χ4n) is 2.66. The van der Waals surface area contributed by atoms with Crippen LogP contribution < -0.4 is 10.2 Å². The van der Waals surface area contributed by atoms with E-state index in [0.717, 1.165) is 11.3 Å². The Balaban J connectivity index is 1.85. The van der Waals surface area contributed by atoms with Crippen LogP contribution in [0.15, 0.2) is 60.1 Å². The number of carbonyl (C=O) groups excluding carboxylic acids is 1. The molecule has 1 atom stereocenters. The molecule has 2 heterocycles. The number of amides is 1. The second kappa shape index (κ2) is 5.68. The van der Waals surface area contributed by atoms with Gasteiger partial charge in [0.25, 0.3) is 5.91 Å². The lowest BCUT2D eigenvalue weighted by atomic mass is 10.0. The molecule has 0 saturated carbocycles. The average Bonchev–Trinajstić information content (AvgIpc) is 3.09. The molecular weight excluding hydrogens is 330 g/mol. The molecule has 1 N–H and O–H groups in total. The summed E-state index contributed by atoms with van der Waals surface area (Å²) in [5.74, 6) is -0.0609. The molecule has 1 unspecified atom stereocenters. The fraction of sp³-hybridized carbons (Fsp3) is 0.0588. The van der Waals surface area contributed by atoms with Gasteiger partial charge in [0.2, 0.25) is 0 Å². The van der Waals surface area contributed by atoms with Crippen molar-refractivity contribution < 1.29 is 4.79 Å². The van der Waals surface area contributed by atoms with Crippen LogP contribution in [-0.4, -0.2) is 10.9 Å². The Kier molecular flexibility index (Phi) is 3.52. The first-order chi connectivity index (χ1) is 11.2. The van der Waals surface area contributed by atoms with Gasteiger partial charge >= 0.3 is 0 Å². The number of rotatable bonds is 2. The quantitative estimate of drug-likeness (QED) is 0.742. The zero-order valence-corrected chi connectivity index (χ0v) is 13.5. The van der Waals surface area contributed by atoms with E-state index in [0.29, 0.717) is 15.7 Å². The number of carbonyl (C=O) groups is 1. The van der Waals surface area contributed by atoms with Crippen LogP contribution in [0.3, 0.4) is 0 Å². The number of halogens is 1. The van der Waals surface area contributed by atoms with E-state index in [1.54, 1.807) is 11.1 Å². The standard InChI is InChI=1S/C17H12ClN3OS/c18-12-7-5-11(6-8-12)15-20-14-4-2-1-3-13(14)16(22)21(15)17-19-9-10-23-17/h1-10,15,20H. The topological polar surface area (TPSA) is 45.2 Å². The number of nitrogens with zero attached hydrogens (tertiary/aromatic N) is 2. The number of fused-ring (bicyclic) bond motifs is 1. The number of nitrogens with one attached hydrogen (secondary N) is 1. The zero-order valence-electron chi connectivity index (χ0n) is 11.9. The van der Waals surface area contributed by atoms with E-state index in [1.807, 2.05) is 53.9 Å². The van der Waals surface area contributed by atoms with Gasteiger partial charge < -0.3 is 5.32 Å². The summed E-state index contributed by atoms with van der Waals surface area (Å²) >= 11 is 7.42. The van der Waals surface area contributed by atoms with Crippen molar-refractivity contribution in [2.45, 2.75) is 6.17 Å². The van der Waals surface area contributed by atoms with Crippen molar-refractivity contribution in [3.05, 3.63) is 76.3 Å². The first-order valence-corrected chi connectivity index (χ1v) is 8.34. The van der Waals surface area contributed by atoms with Gasteiger partial charge in [0.15, 0.2) is 5.13 Å². The number of hydrogen-bond donors (Lipinski definition) is 1. The van der Waals surface area contributed by atoms with Gasteiger partial charge in [-0.25, -0.2) is 4.98 Å². The second-order valence-corrected chi connectivity index (χ2v) is 6.44. The summed E-state index contributed by atoms with van der Waals surface area (Å²) in [6.07, 6.45) is 1.38. The van der Waals surface area contributed by atoms with Gasteiger partial charge in [-0.2, -0.15) is 0 Å². The third kappa shape index (κ3) is 2.48. The minimum absolute atomic E-state index is 0.0609. The van der Waals surface area contributed by atoms with E-state index in [2.05, 4.69) is 10.3 Å². The third-order valence-corrected chi connectivity index (χ3v) is 4.76. The molecule has 0 aliphatic carbocycles. The summed E-state index contributed by atoms with van der Waals surface area (Å²) < 4.78 is 0. The van der Waals surface area contributed by atoms with E-state index in [-0.39, 0.29) is 12.1 Å². The highest BCUT2D eigenvalue weighted by molar-refractivity contribution is 7.13. The van der Waals surface area contributed by atoms with Crippen LogP contribution in [0.25, 0.3) is 0 Å². The van der Waals surface area contributed by atoms with Gasteiger partial charge in [-0.3, -0.25) is 9.69 Å². The van der Waals surface area contributed by atoms with Crippen molar-refractivity contribution in [3.63, 3.8) is 0 Å². The number of para-hydroxylation sites is 1. The van der Waals surface area contributed by atoms with Crippen LogP contribution in [0.1, 0.15) is 22.1 Å². The average molecular weight is 342 g/mol. The molecule has 0 radical (unpaired) electrons. The van der Waals surface area contributed by atoms with Crippen molar-refractivity contribution in [3.8, 4) is 0 Å². The lowest BCUT2D eigenvalue weighted by Gasteiger charge is -2.36. The largest absolute Gasteiger partial charge is 0.360 e. The number of aromatic nitrogens is 1. The summed E-state index contributed by atoms with van der Waals surface area (Å²) in [6, 6.07) is 15.0. The van der Waals surface area contributed by atoms with Gasteiger partial charge in [-0.15, -0.1) is 11.3 Å². The number of hydrogen-bond acceptors (Lipinski definition) is 4. The predicted octanol–water partition coefficient (Wildman–Crippen LogP) is 4.57. The highest BCUT2D eigenvalue weighted by Gasteiger charge is 2.35. The van der Waals surface area contributed by atoms with Crippen molar-refractivity contribution in [1.82, 2.24) is 4.98 Å². The van der Waals surface area contributed by atoms with Gasteiger partial charge in [-0.05, 0) is 29.8 Å². The van der Waals surface area contributed by atoms with Crippen LogP contribution in [0.5, 0.6) is 0 Å². The molecule has 0 saturated heterocycles. The SMILES string of the molecule is O=C1c2ccccc2NC(c2ccc(Cl)cc2)N1c1nccs1. The zero-order chi connectivity index (χ0) is 15.8. The van der Waals surface area contributed by atoms with E-state index in [1.165, 1.54) is 11.3 Å². The summed E-state index contributed by atoms with van der Waals surface area (Å²) in [5, 5.41) is 6.62. The van der Waals surface area contributed by atoms with E-state index in [4.69, 9.17) is 11.6 Å². The summed E-state index contributed by atoms with van der Waals surface area (Å²) in [6.45, 7) is 0. The molecule has 1 aliphatic heterocycles. The van der Waals surface area contributed by atoms with Crippen molar-refractivity contribution in [2.75, 3.05) is 10.2 Å². The lowest BCUT2D eigenvalue weighted by molar-refractivity contribution is 0.0975. The van der Waals surface area contributed by atoms with Crippen LogP contribution in [0, 0.1) is 0 Å². The summed E-state index contributed by atoms with van der Waals surface area (Å²) in [4.78, 5) is 19.0. The Morgan fingerprint density at radius 2 is 1.91 bits per heavy atom. The van der Waals surface area contributed by atoms with Crippen LogP contribution in [0.2, 0.25) is 5.02 Å². The molecule has 1 aliphatic rings. The number of benzene rings is 2. The van der Waals surface area contributed by atoms with E-state index >= 15 is 0 Å². The minimum atomic E-state index is -0.319. The molecule has 2 aromatic carbocycles. The Morgan fingerprint density at radius 1 is 1.13 bits per heavy atom. The maximum Gasteiger partial charge on any atom is 0.264 e. The molecule has 23 heavy (non-hydrogen) atoms. The molecule has 4 nitrogen and oxygen atoms in total. The Morgan fingerprint density at radius 3 is 2.65 bits per heavy atom. The molecule has 3 aromatic rings. The summed E-state index contributed by atoms with van der Waals surface area (Å²) in [5.41, 5.74) is 2.42. The molecule has 1 aromatic heterocycles. The van der Waals surface area contributed by atoms with Crippen molar-refractivity contribution >= 4 is 39.7 Å². The maximum atomic E-state index is 13.0. The molecule has 0 bridgehead atoms. The fourth-order valence-corrected chi connectivity index (χ4v) is 3.46. The van der Waals surface area contributed by atoms with Gasteiger partial charge in [0.1, 0.15) is 6.17 Å². The molecule has 0 fully saturated rings. The third-order valence-electron chi connectivity index (χ3n) is 3.74. The molecule has 4 rings (SSSR count). The maximum absolute atomic E-state index is 13.0.